The van der Waals surface area contributed by atoms with Crippen LogP contribution in [-0.2, 0) is 39.8 Å². The van der Waals surface area contributed by atoms with Gasteiger partial charge in [0.05, 0.1) is 13.2 Å². The van der Waals surface area contributed by atoms with Crippen LogP contribution in [0, 0.1) is 25.6 Å². The van der Waals surface area contributed by atoms with E-state index >= 15 is 0 Å². The van der Waals surface area contributed by atoms with E-state index < -0.39 is 7.60 Å². The quantitative estimate of drug-likeness (QED) is 0.308. The van der Waals surface area contributed by atoms with E-state index in [1.54, 1.807) is 13.8 Å². The third-order valence-corrected chi connectivity index (χ3v) is 5.09. The second-order valence-corrected chi connectivity index (χ2v) is 7.20. The predicted molar refractivity (Wildman–Crippen MR) is 119 cm³/mol. The topological polar surface area (TPSA) is 35.5 Å². The number of benzene rings is 1. The van der Waals surface area contributed by atoms with E-state index in [4.69, 9.17) is 9.05 Å². The first kappa shape index (κ1) is 28.0. The Kier molecular flexibility index (Phi) is 17.1. The van der Waals surface area contributed by atoms with Crippen LogP contribution in [0.5, 0.6) is 0 Å². The fourth-order valence-corrected chi connectivity index (χ4v) is 3.61. The number of hydrogen-bond acceptors (Lipinski definition) is 3. The third kappa shape index (κ3) is 13.0. The fourth-order valence-electron chi connectivity index (χ4n) is 2.15. The molecule has 1 aromatic rings. The molecule has 0 unspecified atom stereocenters. The van der Waals surface area contributed by atoms with Crippen molar-refractivity contribution in [2.45, 2.75) is 20.3 Å². The fraction of sp³-hybridized carbons (Fsp3) is 0.208. The molecule has 0 bridgehead atoms. The molecule has 152 valence electrons. The molecule has 3 rings (SSSR count). The maximum Gasteiger partial charge on any atom is 2.00 e. The molecule has 0 amide bonds. The van der Waals surface area contributed by atoms with Crippen LogP contribution in [0.25, 0.3) is 5.57 Å². The van der Waals surface area contributed by atoms with Gasteiger partial charge in [-0.1, -0.05) is 66.8 Å². The first-order valence-electron chi connectivity index (χ1n) is 9.36. The molecule has 0 aliphatic heterocycles. The van der Waals surface area contributed by atoms with Gasteiger partial charge in [-0.2, -0.15) is 12.0 Å². The summed E-state index contributed by atoms with van der Waals surface area (Å²) < 4.78 is 22.7. The smallest absolute Gasteiger partial charge is 0.342 e. The van der Waals surface area contributed by atoms with Crippen molar-refractivity contribution in [2.75, 3.05) is 13.2 Å². The molecule has 2 radical (unpaired) electrons. The van der Waals surface area contributed by atoms with Gasteiger partial charge < -0.3 is 16.0 Å². The average Bonchev–Trinajstić information content (AvgIpc) is 3.46. The first-order valence-corrected chi connectivity index (χ1v) is 10.9. The van der Waals surface area contributed by atoms with Crippen LogP contribution in [0.4, 0.5) is 0 Å². The van der Waals surface area contributed by atoms with E-state index in [2.05, 4.69) is 12.7 Å². The van der Waals surface area contributed by atoms with E-state index in [0.717, 1.165) is 11.1 Å². The third-order valence-electron chi connectivity index (χ3n) is 3.35. The summed E-state index contributed by atoms with van der Waals surface area (Å²) in [5.74, 6) is 2.86. The zero-order valence-electron chi connectivity index (χ0n) is 17.2. The molecule has 0 N–H and O–H groups in total. The van der Waals surface area contributed by atoms with Gasteiger partial charge in [-0.05, 0) is 13.8 Å². The normalized spacial score (nSPS) is 14.0. The maximum atomic E-state index is 12.4. The van der Waals surface area contributed by atoms with Crippen molar-refractivity contribution >= 4 is 13.2 Å². The number of allylic oxidation sites excluding steroid dienone is 9. The minimum absolute atomic E-state index is 0. The van der Waals surface area contributed by atoms with Gasteiger partial charge in [0.1, 0.15) is 0 Å². The Morgan fingerprint density at radius 2 is 1.31 bits per heavy atom. The summed E-state index contributed by atoms with van der Waals surface area (Å²) in [5, 5.41) is 0. The average molecular weight is 488 g/mol. The Morgan fingerprint density at radius 3 is 1.62 bits per heavy atom. The molecule has 0 fully saturated rings. The standard InChI is InChI=1S/C14H19O3P.2C5H5.Zr/c1-4-13(14-10-8-7-9-11-14)12-18(15,16-5-2)17-6-3;2*1-2-4-5-3-1;/h7-11H,1,4-6H2,2-3H3;2*1-5H;/q-2;;;+2. The summed E-state index contributed by atoms with van der Waals surface area (Å²) in [4.78, 5) is 0. The molecule has 0 saturated carbocycles. The zero-order valence-corrected chi connectivity index (χ0v) is 20.5. The van der Waals surface area contributed by atoms with Gasteiger partial charge in [-0.25, -0.2) is 5.57 Å². The van der Waals surface area contributed by atoms with Gasteiger partial charge in [0.2, 0.25) is 0 Å². The molecule has 3 nitrogen and oxygen atoms in total. The van der Waals surface area contributed by atoms with Crippen molar-refractivity contribution in [3.63, 3.8) is 0 Å². The molecule has 0 aromatic heterocycles. The molecule has 29 heavy (non-hydrogen) atoms. The van der Waals surface area contributed by atoms with Crippen LogP contribution < -0.4 is 0 Å². The summed E-state index contributed by atoms with van der Waals surface area (Å²) in [5.41, 5.74) is 1.69. The summed E-state index contributed by atoms with van der Waals surface area (Å²) in [6.07, 6.45) is 20.5. The Labute approximate surface area is 195 Å². The molecule has 5 heteroatoms. The van der Waals surface area contributed by atoms with Crippen LogP contribution in [0.15, 0.2) is 78.9 Å². The van der Waals surface area contributed by atoms with Crippen molar-refractivity contribution in [2.24, 2.45) is 0 Å². The summed E-state index contributed by atoms with van der Waals surface area (Å²) in [6.45, 7) is 8.04. The molecule has 2 aliphatic rings. The monoisotopic (exact) mass is 486 g/mol. The molecule has 0 atom stereocenters. The number of rotatable bonds is 7. The number of hydrogen-bond donors (Lipinski definition) is 0. The van der Waals surface area contributed by atoms with E-state index in [0.29, 0.717) is 19.6 Å². The van der Waals surface area contributed by atoms with E-state index in [9.17, 15) is 4.57 Å². The van der Waals surface area contributed by atoms with Gasteiger partial charge in [-0.3, -0.25) is 4.57 Å². The van der Waals surface area contributed by atoms with Crippen molar-refractivity contribution in [1.29, 1.82) is 0 Å². The first-order chi connectivity index (χ1) is 13.6. The van der Waals surface area contributed by atoms with Crippen molar-refractivity contribution in [3.8, 4) is 0 Å². The van der Waals surface area contributed by atoms with Crippen LogP contribution in [0.1, 0.15) is 25.8 Å². The summed E-state index contributed by atoms with van der Waals surface area (Å²) in [6, 6.07) is 9.61. The zero-order chi connectivity index (χ0) is 20.5. The summed E-state index contributed by atoms with van der Waals surface area (Å²) in [7, 11) is -3.28. The van der Waals surface area contributed by atoms with Gasteiger partial charge in [-0.15, -0.1) is 17.9 Å². The molecular weight excluding hydrogens is 458 g/mol. The van der Waals surface area contributed by atoms with Gasteiger partial charge in [0.25, 0.3) is 7.60 Å². The Bertz CT molecular complexity index is 682. The Balaban J connectivity index is 0.000000575. The SMILES string of the molecule is [CH2-]CC(=[C-]P(=O)(OCC)OCC)c1ccccc1.[CH]1C=CC=C1.[CH]1C=CC=C1.[Zr+2]. The van der Waals surface area contributed by atoms with Crippen molar-refractivity contribution in [1.82, 2.24) is 0 Å². The second-order valence-electron chi connectivity index (χ2n) is 5.46. The largest absolute Gasteiger partial charge is 2.00 e. The van der Waals surface area contributed by atoms with E-state index in [1.165, 1.54) is 0 Å². The van der Waals surface area contributed by atoms with Crippen LogP contribution in [0.2, 0.25) is 0 Å². The van der Waals surface area contributed by atoms with Crippen LogP contribution in [0.3, 0.4) is 0 Å². The van der Waals surface area contributed by atoms with Crippen LogP contribution >= 0.6 is 7.60 Å². The Hall–Kier alpha value is -1.05. The molecule has 0 heterocycles. The maximum absolute atomic E-state index is 12.4. The molecule has 2 aliphatic carbocycles. The molecule has 0 spiro atoms. The minimum Gasteiger partial charge on any atom is -0.342 e. The van der Waals surface area contributed by atoms with Gasteiger partial charge in [0.15, 0.2) is 0 Å². The summed E-state index contributed by atoms with van der Waals surface area (Å²) >= 11 is 0. The predicted octanol–water partition coefficient (Wildman–Crippen LogP) is 6.95. The van der Waals surface area contributed by atoms with Crippen LogP contribution in [-0.4, -0.2) is 13.2 Å². The molecule has 0 saturated heterocycles. The van der Waals surface area contributed by atoms with Gasteiger partial charge >= 0.3 is 26.2 Å². The molecule has 1 aromatic carbocycles. The Morgan fingerprint density at radius 1 is 0.862 bits per heavy atom. The van der Waals surface area contributed by atoms with E-state index in [-0.39, 0.29) is 26.2 Å². The van der Waals surface area contributed by atoms with Crippen molar-refractivity contribution < 1.29 is 39.8 Å². The second kappa shape index (κ2) is 17.8. The molecular formula is C24H29O3PZr. The minimum atomic E-state index is -3.28. The van der Waals surface area contributed by atoms with Gasteiger partial charge in [0, 0.05) is 12.8 Å². The van der Waals surface area contributed by atoms with E-state index in [1.807, 2.05) is 91.8 Å². The van der Waals surface area contributed by atoms with Crippen molar-refractivity contribution in [3.05, 3.63) is 110 Å².